The minimum absolute atomic E-state index is 0.534. The highest BCUT2D eigenvalue weighted by Crippen LogP contribution is 2.41. The first-order chi connectivity index (χ1) is 10.8. The molecule has 0 atom stereocenters. The summed E-state index contributed by atoms with van der Waals surface area (Å²) in [6.45, 7) is 1.46. The van der Waals surface area contributed by atoms with Gasteiger partial charge in [0.2, 0.25) is 0 Å². The van der Waals surface area contributed by atoms with Crippen LogP contribution in [-0.4, -0.2) is 17.6 Å². The van der Waals surface area contributed by atoms with Crippen molar-refractivity contribution in [2.24, 2.45) is 11.7 Å². The lowest BCUT2D eigenvalue weighted by atomic mass is 9.86. The van der Waals surface area contributed by atoms with Crippen LogP contribution in [0.25, 0.3) is 11.3 Å². The van der Waals surface area contributed by atoms with Crippen molar-refractivity contribution in [2.75, 3.05) is 11.9 Å². The Bertz CT molecular complexity index is 662. The standard InChI is InChI=1S/C17H21N3OS/c18-9-11-5-7-12(8-6-11)19-17-20-16-13-3-1-2-4-14(13)21-10-15(16)22-17/h1-4,11-12H,5-10,18H2,(H,19,20). The summed E-state index contributed by atoms with van der Waals surface area (Å²) in [5, 5.41) is 4.65. The lowest BCUT2D eigenvalue weighted by Crippen LogP contribution is -2.29. The number of hydrogen-bond acceptors (Lipinski definition) is 5. The minimum atomic E-state index is 0.534. The van der Waals surface area contributed by atoms with Crippen LogP contribution in [0.3, 0.4) is 0 Å². The zero-order valence-corrected chi connectivity index (χ0v) is 13.4. The van der Waals surface area contributed by atoms with E-state index in [0.717, 1.165) is 28.7 Å². The second kappa shape index (κ2) is 5.89. The number of fused-ring (bicyclic) bond motifs is 3. The molecule has 4 nitrogen and oxygen atoms in total. The number of nitrogens with one attached hydrogen (secondary N) is 1. The summed E-state index contributed by atoms with van der Waals surface area (Å²) in [6.07, 6.45) is 4.84. The largest absolute Gasteiger partial charge is 0.487 e. The summed E-state index contributed by atoms with van der Waals surface area (Å²) in [4.78, 5) is 6.05. The van der Waals surface area contributed by atoms with Gasteiger partial charge < -0.3 is 15.8 Å². The highest BCUT2D eigenvalue weighted by atomic mass is 32.1. The summed E-state index contributed by atoms with van der Waals surface area (Å²) in [6, 6.07) is 8.68. The lowest BCUT2D eigenvalue weighted by Gasteiger charge is -2.28. The Labute approximate surface area is 134 Å². The van der Waals surface area contributed by atoms with E-state index in [1.54, 1.807) is 11.3 Å². The van der Waals surface area contributed by atoms with Gasteiger partial charge in [-0.05, 0) is 50.3 Å². The van der Waals surface area contributed by atoms with Gasteiger partial charge in [-0.1, -0.05) is 23.5 Å². The Morgan fingerprint density at radius 3 is 2.86 bits per heavy atom. The van der Waals surface area contributed by atoms with Crippen molar-refractivity contribution in [1.29, 1.82) is 0 Å². The SMILES string of the molecule is NCC1CCC(Nc2nc3c(s2)COc2ccccc2-3)CC1. The van der Waals surface area contributed by atoms with Gasteiger partial charge in [0.1, 0.15) is 12.4 Å². The van der Waals surface area contributed by atoms with Gasteiger partial charge in [0.05, 0.1) is 10.6 Å². The number of aromatic nitrogens is 1. The van der Waals surface area contributed by atoms with Crippen molar-refractivity contribution < 1.29 is 4.74 Å². The van der Waals surface area contributed by atoms with E-state index in [4.69, 9.17) is 15.5 Å². The molecule has 1 aliphatic carbocycles. The maximum absolute atomic E-state index is 5.81. The number of para-hydroxylation sites is 1. The fourth-order valence-electron chi connectivity index (χ4n) is 3.37. The van der Waals surface area contributed by atoms with Crippen molar-refractivity contribution in [1.82, 2.24) is 4.98 Å². The van der Waals surface area contributed by atoms with Gasteiger partial charge in [-0.2, -0.15) is 0 Å². The van der Waals surface area contributed by atoms with Crippen LogP contribution in [0, 0.1) is 5.92 Å². The summed E-state index contributed by atoms with van der Waals surface area (Å²) >= 11 is 1.73. The first-order valence-corrected chi connectivity index (χ1v) is 8.83. The zero-order chi connectivity index (χ0) is 14.9. The van der Waals surface area contributed by atoms with Gasteiger partial charge >= 0.3 is 0 Å². The predicted octanol–water partition coefficient (Wildman–Crippen LogP) is 3.63. The van der Waals surface area contributed by atoms with E-state index in [2.05, 4.69) is 11.4 Å². The summed E-state index contributed by atoms with van der Waals surface area (Å²) in [5.41, 5.74) is 7.97. The van der Waals surface area contributed by atoms with Crippen molar-refractivity contribution in [3.63, 3.8) is 0 Å². The molecule has 3 N–H and O–H groups in total. The first-order valence-electron chi connectivity index (χ1n) is 8.02. The summed E-state index contributed by atoms with van der Waals surface area (Å²) in [5.74, 6) is 1.65. The summed E-state index contributed by atoms with van der Waals surface area (Å²) in [7, 11) is 0. The third-order valence-electron chi connectivity index (χ3n) is 4.71. The van der Waals surface area contributed by atoms with Crippen LogP contribution in [0.2, 0.25) is 0 Å². The molecule has 1 aliphatic heterocycles. The number of thiazole rings is 1. The average molecular weight is 315 g/mol. The van der Waals surface area contributed by atoms with Gasteiger partial charge in [0, 0.05) is 11.6 Å². The fraction of sp³-hybridized carbons (Fsp3) is 0.471. The molecule has 0 bridgehead atoms. The molecule has 0 unspecified atom stereocenters. The van der Waals surface area contributed by atoms with Crippen molar-refractivity contribution in [3.05, 3.63) is 29.1 Å². The molecule has 0 radical (unpaired) electrons. The van der Waals surface area contributed by atoms with E-state index >= 15 is 0 Å². The first kappa shape index (κ1) is 14.0. The number of nitrogens with two attached hydrogens (primary N) is 1. The molecule has 0 spiro atoms. The molecule has 2 aliphatic rings. The zero-order valence-electron chi connectivity index (χ0n) is 12.5. The van der Waals surface area contributed by atoms with Crippen molar-refractivity contribution in [2.45, 2.75) is 38.3 Å². The Kier molecular flexibility index (Phi) is 3.76. The molecule has 22 heavy (non-hydrogen) atoms. The van der Waals surface area contributed by atoms with Crippen LogP contribution >= 0.6 is 11.3 Å². The van der Waals surface area contributed by atoms with E-state index < -0.39 is 0 Å². The molecule has 0 amide bonds. The number of rotatable bonds is 3. The third-order valence-corrected chi connectivity index (χ3v) is 5.67. The van der Waals surface area contributed by atoms with E-state index in [9.17, 15) is 0 Å². The Balaban J connectivity index is 1.51. The monoisotopic (exact) mass is 315 g/mol. The Morgan fingerprint density at radius 1 is 1.23 bits per heavy atom. The van der Waals surface area contributed by atoms with Crippen LogP contribution in [0.5, 0.6) is 5.75 Å². The lowest BCUT2D eigenvalue weighted by molar-refractivity contribution is 0.305. The maximum Gasteiger partial charge on any atom is 0.183 e. The van der Waals surface area contributed by atoms with E-state index in [0.29, 0.717) is 18.6 Å². The topological polar surface area (TPSA) is 60.2 Å². The molecule has 1 aromatic heterocycles. The molecule has 5 heteroatoms. The normalized spacial score (nSPS) is 23.3. The van der Waals surface area contributed by atoms with E-state index in [-0.39, 0.29) is 0 Å². The second-order valence-electron chi connectivity index (χ2n) is 6.17. The molecule has 116 valence electrons. The van der Waals surface area contributed by atoms with Crippen LogP contribution in [0.1, 0.15) is 30.6 Å². The maximum atomic E-state index is 5.81. The van der Waals surface area contributed by atoms with Crippen molar-refractivity contribution in [3.8, 4) is 17.0 Å². The highest BCUT2D eigenvalue weighted by molar-refractivity contribution is 7.16. The number of benzene rings is 1. The third kappa shape index (κ3) is 2.59. The molecule has 1 aromatic carbocycles. The molecular weight excluding hydrogens is 294 g/mol. The van der Waals surface area contributed by atoms with Crippen LogP contribution in [0.4, 0.5) is 5.13 Å². The second-order valence-corrected chi connectivity index (χ2v) is 7.26. The minimum Gasteiger partial charge on any atom is -0.487 e. The fourth-order valence-corrected chi connectivity index (χ4v) is 4.34. The van der Waals surface area contributed by atoms with Gasteiger partial charge in [-0.25, -0.2) is 4.98 Å². The molecular formula is C17H21N3OS. The number of hydrogen-bond donors (Lipinski definition) is 2. The quantitative estimate of drug-likeness (QED) is 0.908. The highest BCUT2D eigenvalue weighted by Gasteiger charge is 2.24. The van der Waals surface area contributed by atoms with E-state index in [1.165, 1.54) is 30.6 Å². The van der Waals surface area contributed by atoms with Gasteiger partial charge in [-0.15, -0.1) is 0 Å². The Hall–Kier alpha value is -1.59. The van der Waals surface area contributed by atoms with Gasteiger partial charge in [0.15, 0.2) is 5.13 Å². The smallest absolute Gasteiger partial charge is 0.183 e. The average Bonchev–Trinajstić information content (AvgIpc) is 2.98. The molecule has 0 saturated heterocycles. The van der Waals surface area contributed by atoms with Crippen LogP contribution in [-0.2, 0) is 6.61 Å². The molecule has 2 aromatic rings. The molecule has 1 saturated carbocycles. The molecule has 2 heterocycles. The Morgan fingerprint density at radius 2 is 2.05 bits per heavy atom. The summed E-state index contributed by atoms with van der Waals surface area (Å²) < 4.78 is 5.81. The number of nitrogens with zero attached hydrogens (tertiary/aromatic N) is 1. The van der Waals surface area contributed by atoms with E-state index in [1.807, 2.05) is 18.2 Å². The van der Waals surface area contributed by atoms with Crippen LogP contribution < -0.4 is 15.8 Å². The molecule has 1 fully saturated rings. The number of ether oxygens (including phenoxy) is 1. The number of anilines is 1. The predicted molar refractivity (Wildman–Crippen MR) is 90.3 cm³/mol. The van der Waals surface area contributed by atoms with Gasteiger partial charge in [-0.3, -0.25) is 0 Å². The van der Waals surface area contributed by atoms with Crippen molar-refractivity contribution >= 4 is 16.5 Å². The van der Waals surface area contributed by atoms with Crippen LogP contribution in [0.15, 0.2) is 24.3 Å². The molecule has 4 rings (SSSR count). The van der Waals surface area contributed by atoms with Gasteiger partial charge in [0.25, 0.3) is 0 Å².